The summed E-state index contributed by atoms with van der Waals surface area (Å²) in [6.45, 7) is 4.98. The van der Waals surface area contributed by atoms with Crippen LogP contribution in [-0.2, 0) is 6.54 Å². The number of fused-ring (bicyclic) bond motifs is 1. The van der Waals surface area contributed by atoms with Crippen LogP contribution in [0.25, 0.3) is 11.0 Å². The maximum atomic E-state index is 5.51. The number of nitrogens with one attached hydrogen (secondary N) is 2. The van der Waals surface area contributed by atoms with Crippen molar-refractivity contribution in [1.82, 2.24) is 14.5 Å². The molecule has 27 heavy (non-hydrogen) atoms. The fraction of sp³-hybridized carbons (Fsp3) is 0.238. The third-order valence-electron chi connectivity index (χ3n) is 4.58. The van der Waals surface area contributed by atoms with E-state index in [-0.39, 0.29) is 0 Å². The van der Waals surface area contributed by atoms with Gasteiger partial charge in [-0.3, -0.25) is 0 Å². The fourth-order valence-electron chi connectivity index (χ4n) is 3.13. The summed E-state index contributed by atoms with van der Waals surface area (Å²) in [4.78, 5) is 9.14. The first-order valence-corrected chi connectivity index (χ1v) is 9.07. The summed E-state index contributed by atoms with van der Waals surface area (Å²) in [6, 6.07) is 14.3. The Bertz CT molecular complexity index is 1050. The topological polar surface area (TPSA) is 67.9 Å². The Hall–Kier alpha value is -3.28. The van der Waals surface area contributed by atoms with Crippen LogP contribution in [0.3, 0.4) is 0 Å². The number of anilines is 3. The Morgan fingerprint density at radius 1 is 1.15 bits per heavy atom. The van der Waals surface area contributed by atoms with Crippen LogP contribution in [0.1, 0.15) is 31.1 Å². The van der Waals surface area contributed by atoms with E-state index in [2.05, 4.69) is 63.3 Å². The van der Waals surface area contributed by atoms with Gasteiger partial charge >= 0.3 is 0 Å². The first-order chi connectivity index (χ1) is 13.1. The number of furan rings is 1. The molecule has 6 nitrogen and oxygen atoms in total. The van der Waals surface area contributed by atoms with E-state index in [9.17, 15) is 0 Å². The number of imidazole rings is 1. The van der Waals surface area contributed by atoms with Gasteiger partial charge in [0.15, 0.2) is 0 Å². The fourth-order valence-corrected chi connectivity index (χ4v) is 3.13. The highest BCUT2D eigenvalue weighted by molar-refractivity contribution is 5.81. The lowest BCUT2D eigenvalue weighted by Crippen LogP contribution is -2.04. The summed E-state index contributed by atoms with van der Waals surface area (Å²) in [5.74, 6) is 2.92. The average molecular weight is 361 g/mol. The molecule has 0 aliphatic rings. The summed E-state index contributed by atoms with van der Waals surface area (Å²) < 4.78 is 7.60. The van der Waals surface area contributed by atoms with Crippen LogP contribution in [-0.4, -0.2) is 21.6 Å². The second-order valence-electron chi connectivity index (χ2n) is 6.81. The van der Waals surface area contributed by atoms with E-state index in [1.165, 1.54) is 5.56 Å². The number of nitrogens with zero attached hydrogens (tertiary/aromatic N) is 3. The van der Waals surface area contributed by atoms with E-state index >= 15 is 0 Å². The number of aromatic nitrogens is 3. The largest absolute Gasteiger partial charge is 0.467 e. The van der Waals surface area contributed by atoms with Crippen molar-refractivity contribution in [2.24, 2.45) is 0 Å². The number of hydrogen-bond acceptors (Lipinski definition) is 5. The molecular formula is C21H23N5O. The van der Waals surface area contributed by atoms with E-state index in [0.717, 1.165) is 34.2 Å². The molecule has 3 heterocycles. The summed E-state index contributed by atoms with van der Waals surface area (Å²) in [6.07, 6.45) is 3.48. The van der Waals surface area contributed by atoms with Crippen molar-refractivity contribution in [3.05, 3.63) is 66.2 Å². The highest BCUT2D eigenvalue weighted by Gasteiger charge is 2.13. The lowest BCUT2D eigenvalue weighted by atomic mass is 10.0. The van der Waals surface area contributed by atoms with Crippen LogP contribution in [0.4, 0.5) is 17.5 Å². The predicted molar refractivity (Wildman–Crippen MR) is 109 cm³/mol. The van der Waals surface area contributed by atoms with Gasteiger partial charge in [0, 0.05) is 18.8 Å². The first-order valence-electron chi connectivity index (χ1n) is 9.07. The minimum absolute atomic E-state index is 0.482. The van der Waals surface area contributed by atoms with Gasteiger partial charge in [-0.2, -0.15) is 0 Å². The van der Waals surface area contributed by atoms with Crippen molar-refractivity contribution < 1.29 is 4.42 Å². The van der Waals surface area contributed by atoms with Gasteiger partial charge in [0.25, 0.3) is 0 Å². The van der Waals surface area contributed by atoms with Crippen LogP contribution in [0, 0.1) is 0 Å². The lowest BCUT2D eigenvalue weighted by Gasteiger charge is -2.11. The van der Waals surface area contributed by atoms with Crippen molar-refractivity contribution in [3.63, 3.8) is 0 Å². The molecule has 2 N–H and O–H groups in total. The van der Waals surface area contributed by atoms with Crippen molar-refractivity contribution in [1.29, 1.82) is 0 Å². The number of hydrogen-bond donors (Lipinski definition) is 2. The van der Waals surface area contributed by atoms with Gasteiger partial charge in [0.2, 0.25) is 5.95 Å². The Balaban J connectivity index is 1.69. The first kappa shape index (κ1) is 17.1. The van der Waals surface area contributed by atoms with Gasteiger partial charge in [-0.25, -0.2) is 9.97 Å². The normalized spacial score (nSPS) is 11.3. The molecule has 0 saturated heterocycles. The van der Waals surface area contributed by atoms with Crippen molar-refractivity contribution in [2.45, 2.75) is 26.3 Å². The molecule has 0 unspecified atom stereocenters. The Kier molecular flexibility index (Phi) is 4.54. The molecule has 3 aromatic heterocycles. The van der Waals surface area contributed by atoms with Gasteiger partial charge < -0.3 is 19.6 Å². The molecule has 4 aromatic rings. The maximum absolute atomic E-state index is 5.51. The highest BCUT2D eigenvalue weighted by atomic mass is 16.3. The highest BCUT2D eigenvalue weighted by Crippen LogP contribution is 2.25. The monoisotopic (exact) mass is 361 g/mol. The Morgan fingerprint density at radius 2 is 2.04 bits per heavy atom. The zero-order valence-electron chi connectivity index (χ0n) is 15.7. The quantitative estimate of drug-likeness (QED) is 0.507. The minimum Gasteiger partial charge on any atom is -0.467 e. The van der Waals surface area contributed by atoms with Gasteiger partial charge in [-0.1, -0.05) is 26.0 Å². The summed E-state index contributed by atoms with van der Waals surface area (Å²) in [7, 11) is 1.86. The molecule has 0 saturated carbocycles. The SMILES string of the molecule is CNc1nc2cnc(Nc3cccc(C(C)C)c3)cc2n1Cc1ccco1. The molecule has 0 bridgehead atoms. The zero-order valence-corrected chi connectivity index (χ0v) is 15.7. The second kappa shape index (κ2) is 7.15. The van der Waals surface area contributed by atoms with Gasteiger partial charge in [-0.05, 0) is 35.7 Å². The van der Waals surface area contributed by atoms with Gasteiger partial charge in [0.1, 0.15) is 17.1 Å². The van der Waals surface area contributed by atoms with Crippen LogP contribution in [0.2, 0.25) is 0 Å². The van der Waals surface area contributed by atoms with Crippen LogP contribution < -0.4 is 10.6 Å². The van der Waals surface area contributed by atoms with Crippen molar-refractivity contribution in [3.8, 4) is 0 Å². The molecule has 0 aliphatic carbocycles. The number of pyridine rings is 1. The summed E-state index contributed by atoms with van der Waals surface area (Å²) in [5.41, 5.74) is 4.15. The number of benzene rings is 1. The minimum atomic E-state index is 0.482. The Labute approximate surface area is 158 Å². The molecule has 1 aromatic carbocycles. The lowest BCUT2D eigenvalue weighted by molar-refractivity contribution is 0.497. The van der Waals surface area contributed by atoms with E-state index in [1.54, 1.807) is 12.5 Å². The average Bonchev–Trinajstić information content (AvgIpc) is 3.30. The molecule has 0 atom stereocenters. The molecule has 0 amide bonds. The van der Waals surface area contributed by atoms with Crippen LogP contribution in [0.5, 0.6) is 0 Å². The molecular weight excluding hydrogens is 338 g/mol. The maximum Gasteiger partial charge on any atom is 0.204 e. The van der Waals surface area contributed by atoms with Crippen LogP contribution in [0.15, 0.2) is 59.3 Å². The van der Waals surface area contributed by atoms with E-state index in [1.807, 2.05) is 25.2 Å². The summed E-state index contributed by atoms with van der Waals surface area (Å²) >= 11 is 0. The zero-order chi connectivity index (χ0) is 18.8. The predicted octanol–water partition coefficient (Wildman–Crippen LogP) is 4.98. The van der Waals surface area contributed by atoms with Crippen molar-refractivity contribution in [2.75, 3.05) is 17.7 Å². The standard InChI is InChI=1S/C21H23N5O/c1-14(2)15-6-4-7-16(10-15)24-20-11-19-18(12-23-20)25-21(22-3)26(19)13-17-8-5-9-27-17/h4-12,14H,13H2,1-3H3,(H,22,25)(H,23,24). The third-order valence-corrected chi connectivity index (χ3v) is 4.58. The molecule has 0 fully saturated rings. The second-order valence-corrected chi connectivity index (χ2v) is 6.81. The molecule has 138 valence electrons. The van der Waals surface area contributed by atoms with Crippen molar-refractivity contribution >= 4 is 28.5 Å². The summed E-state index contributed by atoms with van der Waals surface area (Å²) in [5, 5.41) is 6.56. The van der Waals surface area contributed by atoms with Crippen LogP contribution >= 0.6 is 0 Å². The number of rotatable bonds is 6. The molecule has 0 aliphatic heterocycles. The smallest absolute Gasteiger partial charge is 0.204 e. The van der Waals surface area contributed by atoms with E-state index in [4.69, 9.17) is 4.42 Å². The molecule has 0 spiro atoms. The van der Waals surface area contributed by atoms with E-state index < -0.39 is 0 Å². The third kappa shape index (κ3) is 3.51. The van der Waals surface area contributed by atoms with E-state index in [0.29, 0.717) is 12.5 Å². The molecule has 6 heteroatoms. The van der Waals surface area contributed by atoms with Gasteiger partial charge in [-0.15, -0.1) is 0 Å². The Morgan fingerprint density at radius 3 is 2.78 bits per heavy atom. The molecule has 4 rings (SSSR count). The van der Waals surface area contributed by atoms with Gasteiger partial charge in [0.05, 0.1) is 24.5 Å². The molecule has 0 radical (unpaired) electrons.